The lowest BCUT2D eigenvalue weighted by atomic mass is 10.1. The number of carboxylic acids is 1. The second kappa shape index (κ2) is 7.83. The fourth-order valence-electron chi connectivity index (χ4n) is 2.71. The van der Waals surface area contributed by atoms with Crippen molar-refractivity contribution in [2.75, 3.05) is 6.54 Å². The molecule has 3 rings (SSSR count). The topological polar surface area (TPSA) is 75.6 Å². The van der Waals surface area contributed by atoms with Gasteiger partial charge in [0.25, 0.3) is 0 Å². The number of ether oxygens (including phenoxy) is 1. The largest absolute Gasteiger partial charge is 0.489 e. The Labute approximate surface area is 146 Å². The van der Waals surface area contributed by atoms with Crippen molar-refractivity contribution in [2.24, 2.45) is 11.8 Å². The number of amides is 1. The van der Waals surface area contributed by atoms with E-state index in [2.05, 4.69) is 5.32 Å². The molecule has 0 saturated heterocycles. The van der Waals surface area contributed by atoms with Crippen molar-refractivity contribution in [3.8, 4) is 5.75 Å². The normalized spacial score (nSPS) is 18.4. The molecule has 1 saturated carbocycles. The molecule has 2 atom stereocenters. The third-order valence-corrected chi connectivity index (χ3v) is 4.33. The average molecular weight is 339 g/mol. The Hall–Kier alpha value is -2.82. The molecule has 5 heteroatoms. The number of benzene rings is 2. The highest BCUT2D eigenvalue weighted by atomic mass is 16.5. The molecule has 0 aliphatic heterocycles. The van der Waals surface area contributed by atoms with E-state index in [9.17, 15) is 9.59 Å². The lowest BCUT2D eigenvalue weighted by Gasteiger charge is -2.08. The lowest BCUT2D eigenvalue weighted by Crippen LogP contribution is -2.28. The van der Waals surface area contributed by atoms with E-state index in [-0.39, 0.29) is 11.8 Å². The van der Waals surface area contributed by atoms with Crippen LogP contribution in [0.3, 0.4) is 0 Å². The Balaban J connectivity index is 1.39. The lowest BCUT2D eigenvalue weighted by molar-refractivity contribution is -0.140. The Kier molecular flexibility index (Phi) is 5.33. The van der Waals surface area contributed by atoms with Crippen LogP contribution in [0.1, 0.15) is 17.5 Å². The zero-order chi connectivity index (χ0) is 17.6. The minimum atomic E-state index is -0.883. The molecule has 0 heterocycles. The van der Waals surface area contributed by atoms with Gasteiger partial charge in [0.2, 0.25) is 5.91 Å². The molecule has 0 radical (unpaired) electrons. The van der Waals surface area contributed by atoms with Crippen molar-refractivity contribution in [3.05, 3.63) is 65.7 Å². The maximum atomic E-state index is 11.8. The molecule has 25 heavy (non-hydrogen) atoms. The van der Waals surface area contributed by atoms with Gasteiger partial charge in [-0.2, -0.15) is 0 Å². The number of carbonyl (C=O) groups excluding carboxylic acids is 1. The van der Waals surface area contributed by atoms with Crippen molar-refractivity contribution < 1.29 is 19.4 Å². The first-order valence-corrected chi connectivity index (χ1v) is 8.39. The third kappa shape index (κ3) is 4.83. The maximum Gasteiger partial charge on any atom is 0.307 e. The van der Waals surface area contributed by atoms with Crippen LogP contribution in [-0.4, -0.2) is 23.5 Å². The fourth-order valence-corrected chi connectivity index (χ4v) is 2.71. The molecule has 1 fully saturated rings. The Morgan fingerprint density at radius 2 is 1.72 bits per heavy atom. The summed E-state index contributed by atoms with van der Waals surface area (Å²) in [5, 5.41) is 11.6. The molecular formula is C20H21NO4. The molecule has 0 spiro atoms. The van der Waals surface area contributed by atoms with Crippen molar-refractivity contribution >= 4 is 11.9 Å². The number of aliphatic carboxylic acids is 1. The highest BCUT2D eigenvalue weighted by molar-refractivity contribution is 5.89. The van der Waals surface area contributed by atoms with Crippen LogP contribution in [0.15, 0.2) is 54.6 Å². The molecule has 0 aromatic heterocycles. The third-order valence-electron chi connectivity index (χ3n) is 4.33. The van der Waals surface area contributed by atoms with Crippen LogP contribution < -0.4 is 10.1 Å². The van der Waals surface area contributed by atoms with E-state index in [4.69, 9.17) is 9.84 Å². The van der Waals surface area contributed by atoms with Gasteiger partial charge in [-0.05, 0) is 36.1 Å². The van der Waals surface area contributed by atoms with E-state index in [1.807, 2.05) is 54.6 Å². The minimum absolute atomic E-state index is 0.157. The molecule has 1 aliphatic carbocycles. The van der Waals surface area contributed by atoms with Gasteiger partial charge in [0.05, 0.1) is 11.8 Å². The van der Waals surface area contributed by atoms with Crippen molar-refractivity contribution in [1.29, 1.82) is 0 Å². The summed E-state index contributed by atoms with van der Waals surface area (Å²) in [5.74, 6) is -1.09. The number of carbonyl (C=O) groups is 2. The summed E-state index contributed by atoms with van der Waals surface area (Å²) in [5.41, 5.74) is 2.21. The molecule has 2 N–H and O–H groups in total. The number of nitrogens with one attached hydrogen (secondary N) is 1. The van der Waals surface area contributed by atoms with Gasteiger partial charge in [-0.1, -0.05) is 42.5 Å². The summed E-state index contributed by atoms with van der Waals surface area (Å²) in [6.07, 6.45) is 1.16. The van der Waals surface area contributed by atoms with Crippen LogP contribution in [-0.2, 0) is 22.6 Å². The minimum Gasteiger partial charge on any atom is -0.489 e. The van der Waals surface area contributed by atoms with Gasteiger partial charge in [0.15, 0.2) is 0 Å². The van der Waals surface area contributed by atoms with Crippen molar-refractivity contribution in [1.82, 2.24) is 5.32 Å². The Morgan fingerprint density at radius 1 is 1.00 bits per heavy atom. The van der Waals surface area contributed by atoms with Gasteiger partial charge < -0.3 is 15.2 Å². The van der Waals surface area contributed by atoms with Gasteiger partial charge in [-0.15, -0.1) is 0 Å². The zero-order valence-corrected chi connectivity index (χ0v) is 13.9. The van der Waals surface area contributed by atoms with Crippen molar-refractivity contribution in [3.63, 3.8) is 0 Å². The van der Waals surface area contributed by atoms with Crippen LogP contribution in [0.4, 0.5) is 0 Å². The van der Waals surface area contributed by atoms with Gasteiger partial charge in [0.1, 0.15) is 12.4 Å². The standard InChI is InChI=1S/C20H21NO4/c22-19(17-12-18(17)20(23)24)21-11-10-14-6-8-16(9-7-14)25-13-15-4-2-1-3-5-15/h1-9,17-18H,10-13H2,(H,21,22)(H,23,24). The summed E-state index contributed by atoms with van der Waals surface area (Å²) in [6, 6.07) is 17.8. The smallest absolute Gasteiger partial charge is 0.307 e. The summed E-state index contributed by atoms with van der Waals surface area (Å²) in [4.78, 5) is 22.5. The number of carboxylic acid groups (broad SMARTS) is 1. The molecule has 1 aliphatic rings. The number of rotatable bonds is 8. The SMILES string of the molecule is O=C(O)C1CC1C(=O)NCCc1ccc(OCc2ccccc2)cc1. The van der Waals surface area contributed by atoms with Crippen LogP contribution in [0.2, 0.25) is 0 Å². The van der Waals surface area contributed by atoms with E-state index in [1.165, 1.54) is 0 Å². The first-order valence-electron chi connectivity index (χ1n) is 8.39. The predicted molar refractivity (Wildman–Crippen MR) is 93.2 cm³/mol. The summed E-state index contributed by atoms with van der Waals surface area (Å²) in [6.45, 7) is 1.04. The first-order chi connectivity index (χ1) is 12.1. The second-order valence-corrected chi connectivity index (χ2v) is 6.25. The first kappa shape index (κ1) is 17.0. The van der Waals surface area contributed by atoms with Gasteiger partial charge in [0, 0.05) is 6.54 Å². The van der Waals surface area contributed by atoms with Crippen LogP contribution >= 0.6 is 0 Å². The van der Waals surface area contributed by atoms with E-state index in [1.54, 1.807) is 0 Å². The molecule has 0 bridgehead atoms. The molecule has 1 amide bonds. The zero-order valence-electron chi connectivity index (χ0n) is 13.9. The second-order valence-electron chi connectivity index (χ2n) is 6.25. The summed E-state index contributed by atoms with van der Waals surface area (Å²) < 4.78 is 5.74. The monoisotopic (exact) mass is 339 g/mol. The van der Waals surface area contributed by atoms with Crippen LogP contribution in [0, 0.1) is 11.8 Å². The number of hydrogen-bond donors (Lipinski definition) is 2. The van der Waals surface area contributed by atoms with E-state index < -0.39 is 11.9 Å². The molecule has 130 valence electrons. The van der Waals surface area contributed by atoms with Gasteiger partial charge in [-0.25, -0.2) is 0 Å². The Morgan fingerprint density at radius 3 is 2.36 bits per heavy atom. The molecular weight excluding hydrogens is 318 g/mol. The molecule has 2 aromatic carbocycles. The van der Waals surface area contributed by atoms with Gasteiger partial charge >= 0.3 is 5.97 Å². The van der Waals surface area contributed by atoms with E-state index in [0.717, 1.165) is 16.9 Å². The van der Waals surface area contributed by atoms with E-state index >= 15 is 0 Å². The van der Waals surface area contributed by atoms with Crippen LogP contribution in [0.5, 0.6) is 5.75 Å². The summed E-state index contributed by atoms with van der Waals surface area (Å²) in [7, 11) is 0. The number of hydrogen-bond acceptors (Lipinski definition) is 3. The predicted octanol–water partition coefficient (Wildman–Crippen LogP) is 2.65. The molecule has 2 unspecified atom stereocenters. The molecule has 2 aromatic rings. The quantitative estimate of drug-likeness (QED) is 0.775. The maximum absolute atomic E-state index is 11.8. The van der Waals surface area contributed by atoms with Gasteiger partial charge in [-0.3, -0.25) is 9.59 Å². The van der Waals surface area contributed by atoms with Crippen molar-refractivity contribution in [2.45, 2.75) is 19.4 Å². The average Bonchev–Trinajstić information content (AvgIpc) is 3.43. The molecule has 5 nitrogen and oxygen atoms in total. The van der Waals surface area contributed by atoms with Crippen LogP contribution in [0.25, 0.3) is 0 Å². The fraction of sp³-hybridized carbons (Fsp3) is 0.300. The summed E-state index contributed by atoms with van der Waals surface area (Å²) >= 11 is 0. The Bertz CT molecular complexity index is 727. The highest BCUT2D eigenvalue weighted by Crippen LogP contribution is 2.38. The van der Waals surface area contributed by atoms with E-state index in [0.29, 0.717) is 26.0 Å². The highest BCUT2D eigenvalue weighted by Gasteiger charge is 2.48.